The molecule has 1 unspecified atom stereocenters. The van der Waals surface area contributed by atoms with E-state index in [9.17, 15) is 24.8 Å². The second kappa shape index (κ2) is 9.15. The number of nitrogens with one attached hydrogen (secondary N) is 1. The summed E-state index contributed by atoms with van der Waals surface area (Å²) in [6, 6.07) is 17.7. The number of rotatable bonds is 5. The molecule has 1 atom stereocenters. The molecule has 12 heteroatoms. The number of ketones is 1. The largest absolute Gasteiger partial charge is 0.507 e. The Bertz CT molecular complexity index is 1520. The molecular formula is C24H15BrN6O5. The third-order valence-corrected chi connectivity index (χ3v) is 6.24. The molecule has 0 aliphatic carbocycles. The third kappa shape index (κ3) is 4.03. The fraction of sp³-hybridized carbons (Fsp3) is 0.0417. The average Bonchev–Trinajstić information content (AvgIpc) is 3.51. The van der Waals surface area contributed by atoms with Gasteiger partial charge in [-0.2, -0.15) is 5.21 Å². The Kier molecular flexibility index (Phi) is 5.86. The molecular weight excluding hydrogens is 532 g/mol. The van der Waals surface area contributed by atoms with Crippen LogP contribution >= 0.6 is 15.9 Å². The van der Waals surface area contributed by atoms with Gasteiger partial charge in [0.05, 0.1) is 16.5 Å². The first kappa shape index (κ1) is 23.1. The van der Waals surface area contributed by atoms with Crippen molar-refractivity contribution in [3.8, 4) is 11.4 Å². The number of carbonyl (C=O) groups excluding carboxylic acids is 2. The van der Waals surface area contributed by atoms with Crippen LogP contribution in [-0.4, -0.2) is 42.3 Å². The fourth-order valence-corrected chi connectivity index (χ4v) is 4.30. The van der Waals surface area contributed by atoms with Gasteiger partial charge < -0.3 is 5.11 Å². The van der Waals surface area contributed by atoms with Crippen LogP contribution in [0, 0.1) is 10.1 Å². The number of tetrazole rings is 1. The summed E-state index contributed by atoms with van der Waals surface area (Å²) < 4.78 is 0.768. The van der Waals surface area contributed by atoms with Crippen LogP contribution in [0.25, 0.3) is 17.1 Å². The molecule has 3 aromatic carbocycles. The maximum atomic E-state index is 13.3. The van der Waals surface area contributed by atoms with E-state index in [4.69, 9.17) is 0 Å². The zero-order chi connectivity index (χ0) is 25.4. The van der Waals surface area contributed by atoms with Crippen LogP contribution < -0.4 is 4.90 Å². The summed E-state index contributed by atoms with van der Waals surface area (Å²) in [4.78, 5) is 38.5. The number of nitrogens with zero attached hydrogens (tertiary/aromatic N) is 5. The number of hydrogen-bond acceptors (Lipinski definition) is 8. The molecule has 178 valence electrons. The summed E-state index contributed by atoms with van der Waals surface area (Å²) in [5.41, 5.74) is 1.34. The number of aromatic nitrogens is 4. The van der Waals surface area contributed by atoms with E-state index in [1.165, 1.54) is 29.2 Å². The van der Waals surface area contributed by atoms with Crippen molar-refractivity contribution in [2.75, 3.05) is 4.90 Å². The Labute approximate surface area is 211 Å². The molecule has 1 fully saturated rings. The summed E-state index contributed by atoms with van der Waals surface area (Å²) in [5.74, 6) is -1.82. The smallest absolute Gasteiger partial charge is 0.300 e. The lowest BCUT2D eigenvalue weighted by Gasteiger charge is -2.25. The number of anilines is 1. The molecule has 1 amide bonds. The van der Waals surface area contributed by atoms with Crippen LogP contribution in [0.1, 0.15) is 17.2 Å². The highest BCUT2D eigenvalue weighted by Gasteiger charge is 2.47. The predicted octanol–water partition coefficient (Wildman–Crippen LogP) is 4.16. The van der Waals surface area contributed by atoms with Crippen LogP contribution in [0.5, 0.6) is 0 Å². The number of aliphatic hydroxyl groups excluding tert-OH is 1. The minimum Gasteiger partial charge on any atom is -0.507 e. The molecule has 11 nitrogen and oxygen atoms in total. The Hall–Kier alpha value is -4.71. The van der Waals surface area contributed by atoms with Gasteiger partial charge in [-0.25, -0.2) is 0 Å². The first-order chi connectivity index (χ1) is 17.3. The number of amides is 1. The SMILES string of the molecule is O=C1C(=O)N(c2cccc(-c3nn[nH]n3)c2)C(c2ccc([N+](=O)[O-])cc2)/C1=C(\O)c1ccc(Br)cc1. The summed E-state index contributed by atoms with van der Waals surface area (Å²) in [6.07, 6.45) is 0. The van der Waals surface area contributed by atoms with Gasteiger partial charge in [-0.3, -0.25) is 24.6 Å². The topological polar surface area (TPSA) is 155 Å². The number of nitro benzene ring substituents is 1. The van der Waals surface area contributed by atoms with Gasteiger partial charge in [-0.1, -0.05) is 40.2 Å². The summed E-state index contributed by atoms with van der Waals surface area (Å²) in [5, 5.41) is 36.1. The Balaban J connectivity index is 1.70. The van der Waals surface area contributed by atoms with Crippen LogP contribution in [0.15, 0.2) is 82.8 Å². The number of nitro groups is 1. The number of aromatic amines is 1. The van der Waals surface area contributed by atoms with Gasteiger partial charge in [-0.05, 0) is 47.2 Å². The maximum Gasteiger partial charge on any atom is 0.300 e. The van der Waals surface area contributed by atoms with E-state index in [-0.39, 0.29) is 22.8 Å². The van der Waals surface area contributed by atoms with Crippen molar-refractivity contribution in [3.63, 3.8) is 0 Å². The van der Waals surface area contributed by atoms with Crippen molar-refractivity contribution in [3.05, 3.63) is 104 Å². The summed E-state index contributed by atoms with van der Waals surface area (Å²) in [6.45, 7) is 0. The second-order valence-electron chi connectivity index (χ2n) is 7.81. The van der Waals surface area contributed by atoms with Gasteiger partial charge in [-0.15, -0.1) is 10.2 Å². The number of non-ortho nitro benzene ring substituents is 1. The van der Waals surface area contributed by atoms with Crippen molar-refractivity contribution in [2.45, 2.75) is 6.04 Å². The predicted molar refractivity (Wildman–Crippen MR) is 132 cm³/mol. The molecule has 5 rings (SSSR count). The first-order valence-corrected chi connectivity index (χ1v) is 11.3. The molecule has 2 heterocycles. The minimum atomic E-state index is -1.05. The summed E-state index contributed by atoms with van der Waals surface area (Å²) in [7, 11) is 0. The molecule has 2 N–H and O–H groups in total. The molecule has 0 bridgehead atoms. The van der Waals surface area contributed by atoms with Gasteiger partial charge in [0.15, 0.2) is 0 Å². The van der Waals surface area contributed by atoms with Gasteiger partial charge in [0.2, 0.25) is 5.82 Å². The molecule has 4 aromatic rings. The normalized spacial score (nSPS) is 16.9. The zero-order valence-electron chi connectivity index (χ0n) is 18.2. The lowest BCUT2D eigenvalue weighted by molar-refractivity contribution is -0.384. The van der Waals surface area contributed by atoms with Crippen LogP contribution in [0.2, 0.25) is 0 Å². The van der Waals surface area contributed by atoms with E-state index in [0.29, 0.717) is 22.4 Å². The monoisotopic (exact) mass is 546 g/mol. The number of hydrogen-bond donors (Lipinski definition) is 2. The second-order valence-corrected chi connectivity index (χ2v) is 8.73. The standard InChI is InChI=1S/C24H15BrN6O5/c25-16-8-4-14(5-9-16)21(32)19-20(13-6-10-17(11-7-13)31(35)36)30(24(34)22(19)33)18-3-1-2-15(12-18)23-26-28-29-27-23/h1-12,20,32H,(H,26,27,28,29)/b21-19+. The van der Waals surface area contributed by atoms with Gasteiger partial charge in [0.25, 0.3) is 17.4 Å². The fourth-order valence-electron chi connectivity index (χ4n) is 4.03. The maximum absolute atomic E-state index is 13.3. The van der Waals surface area contributed by atoms with Crippen LogP contribution in [-0.2, 0) is 9.59 Å². The van der Waals surface area contributed by atoms with Gasteiger partial charge in [0, 0.05) is 33.4 Å². The van der Waals surface area contributed by atoms with Crippen molar-refractivity contribution < 1.29 is 19.6 Å². The Morgan fingerprint density at radius 1 is 1.06 bits per heavy atom. The molecule has 36 heavy (non-hydrogen) atoms. The third-order valence-electron chi connectivity index (χ3n) is 5.71. The zero-order valence-corrected chi connectivity index (χ0v) is 19.8. The van der Waals surface area contributed by atoms with Crippen molar-refractivity contribution in [1.29, 1.82) is 0 Å². The van der Waals surface area contributed by atoms with Gasteiger partial charge >= 0.3 is 0 Å². The summed E-state index contributed by atoms with van der Waals surface area (Å²) >= 11 is 3.33. The first-order valence-electron chi connectivity index (χ1n) is 10.5. The number of H-pyrrole nitrogens is 1. The molecule has 1 aliphatic rings. The molecule has 0 radical (unpaired) electrons. The van der Waals surface area contributed by atoms with Crippen molar-refractivity contribution in [2.24, 2.45) is 0 Å². The highest BCUT2D eigenvalue weighted by Crippen LogP contribution is 2.43. The number of Topliss-reactive ketones (excluding diaryl/α,β-unsaturated/α-hetero) is 1. The van der Waals surface area contributed by atoms with E-state index in [2.05, 4.69) is 36.6 Å². The average molecular weight is 547 g/mol. The van der Waals surface area contributed by atoms with E-state index in [0.717, 1.165) is 4.47 Å². The van der Waals surface area contributed by atoms with E-state index >= 15 is 0 Å². The number of carbonyl (C=O) groups is 2. The molecule has 1 saturated heterocycles. The number of aliphatic hydroxyl groups is 1. The highest BCUT2D eigenvalue weighted by atomic mass is 79.9. The highest BCUT2D eigenvalue weighted by molar-refractivity contribution is 9.10. The molecule has 0 spiro atoms. The Morgan fingerprint density at radius 2 is 1.78 bits per heavy atom. The quantitative estimate of drug-likeness (QED) is 0.124. The lowest BCUT2D eigenvalue weighted by atomic mass is 9.95. The lowest BCUT2D eigenvalue weighted by Crippen LogP contribution is -2.29. The number of benzene rings is 3. The van der Waals surface area contributed by atoms with Crippen LogP contribution in [0.4, 0.5) is 11.4 Å². The Morgan fingerprint density at radius 3 is 2.42 bits per heavy atom. The van der Waals surface area contributed by atoms with E-state index in [1.807, 2.05) is 0 Å². The van der Waals surface area contributed by atoms with Crippen molar-refractivity contribution >= 4 is 44.8 Å². The van der Waals surface area contributed by atoms with E-state index < -0.39 is 22.7 Å². The molecule has 1 aromatic heterocycles. The van der Waals surface area contributed by atoms with Gasteiger partial charge in [0.1, 0.15) is 5.76 Å². The van der Waals surface area contributed by atoms with Crippen molar-refractivity contribution in [1.82, 2.24) is 20.6 Å². The van der Waals surface area contributed by atoms with E-state index in [1.54, 1.807) is 48.5 Å². The van der Waals surface area contributed by atoms with Crippen LogP contribution in [0.3, 0.4) is 0 Å². The minimum absolute atomic E-state index is 0.138. The molecule has 0 saturated carbocycles. The number of halogens is 1. The molecule has 1 aliphatic heterocycles.